The van der Waals surface area contributed by atoms with E-state index in [1.165, 1.54) is 5.56 Å². The standard InChI is InChI=1S/C22H19N5O/c23-22(28)21-20(25-13-8-15-4-2-1-3-5-15)18-7-6-17(14-19(18)26-27-21)16-9-11-24-12-10-16/h1-7,9-12,14H,8,13H2,(H2,23,28)(H,25,26). The fourth-order valence-electron chi connectivity index (χ4n) is 3.16. The number of primary amides is 1. The van der Waals surface area contributed by atoms with Crippen LogP contribution in [0.5, 0.6) is 0 Å². The van der Waals surface area contributed by atoms with Crippen molar-refractivity contribution in [3.05, 3.63) is 84.3 Å². The average Bonchev–Trinajstić information content (AvgIpc) is 2.74. The number of benzene rings is 2. The zero-order chi connectivity index (χ0) is 19.3. The van der Waals surface area contributed by atoms with Crippen molar-refractivity contribution in [2.24, 2.45) is 5.73 Å². The Bertz CT molecular complexity index is 1110. The lowest BCUT2D eigenvalue weighted by atomic mass is 10.0. The smallest absolute Gasteiger partial charge is 0.271 e. The topological polar surface area (TPSA) is 93.8 Å². The van der Waals surface area contributed by atoms with E-state index in [1.807, 2.05) is 48.5 Å². The minimum absolute atomic E-state index is 0.150. The van der Waals surface area contributed by atoms with Crippen LogP contribution in [-0.4, -0.2) is 27.6 Å². The van der Waals surface area contributed by atoms with Crippen LogP contribution in [0.2, 0.25) is 0 Å². The Morgan fingerprint density at radius 1 is 0.929 bits per heavy atom. The first-order valence-corrected chi connectivity index (χ1v) is 9.01. The Hall–Kier alpha value is -3.80. The Balaban J connectivity index is 1.68. The molecule has 2 aromatic carbocycles. The van der Waals surface area contributed by atoms with Crippen LogP contribution in [0.1, 0.15) is 16.1 Å². The Morgan fingerprint density at radius 3 is 2.46 bits per heavy atom. The molecule has 2 aromatic heterocycles. The van der Waals surface area contributed by atoms with E-state index in [2.05, 4.69) is 32.6 Å². The molecule has 4 rings (SSSR count). The van der Waals surface area contributed by atoms with Gasteiger partial charge in [-0.15, -0.1) is 10.2 Å². The predicted octanol–water partition coefficient (Wildman–Crippen LogP) is 3.45. The summed E-state index contributed by atoms with van der Waals surface area (Å²) in [6, 6.07) is 19.9. The molecule has 138 valence electrons. The van der Waals surface area contributed by atoms with Crippen LogP contribution in [0.4, 0.5) is 5.69 Å². The van der Waals surface area contributed by atoms with Crippen LogP contribution in [0.3, 0.4) is 0 Å². The van der Waals surface area contributed by atoms with Crippen LogP contribution in [0.15, 0.2) is 73.1 Å². The molecule has 0 aliphatic rings. The summed E-state index contributed by atoms with van der Waals surface area (Å²) in [5.41, 5.74) is 10.2. The lowest BCUT2D eigenvalue weighted by Gasteiger charge is -2.13. The number of nitrogens with one attached hydrogen (secondary N) is 1. The highest BCUT2D eigenvalue weighted by molar-refractivity contribution is 6.05. The van der Waals surface area contributed by atoms with Crippen molar-refractivity contribution in [1.82, 2.24) is 15.2 Å². The van der Waals surface area contributed by atoms with Gasteiger partial charge in [-0.25, -0.2) is 0 Å². The summed E-state index contributed by atoms with van der Waals surface area (Å²) in [7, 11) is 0. The summed E-state index contributed by atoms with van der Waals surface area (Å²) in [5.74, 6) is -0.602. The summed E-state index contributed by atoms with van der Waals surface area (Å²) in [6.07, 6.45) is 4.31. The third-order valence-corrected chi connectivity index (χ3v) is 4.57. The first-order valence-electron chi connectivity index (χ1n) is 9.01. The molecular formula is C22H19N5O. The lowest BCUT2D eigenvalue weighted by Crippen LogP contribution is -2.18. The predicted molar refractivity (Wildman–Crippen MR) is 110 cm³/mol. The fourth-order valence-corrected chi connectivity index (χ4v) is 3.16. The maximum absolute atomic E-state index is 11.9. The molecule has 0 aliphatic heterocycles. The van der Waals surface area contributed by atoms with Crippen LogP contribution < -0.4 is 11.1 Å². The number of amides is 1. The van der Waals surface area contributed by atoms with Gasteiger partial charge in [0.15, 0.2) is 5.69 Å². The van der Waals surface area contributed by atoms with E-state index in [9.17, 15) is 4.79 Å². The molecule has 0 unspecified atom stereocenters. The summed E-state index contributed by atoms with van der Waals surface area (Å²) < 4.78 is 0. The zero-order valence-corrected chi connectivity index (χ0v) is 15.2. The summed E-state index contributed by atoms with van der Waals surface area (Å²) in [6.45, 7) is 0.650. The van der Waals surface area contributed by atoms with Gasteiger partial charge in [0.25, 0.3) is 5.91 Å². The molecule has 1 amide bonds. The van der Waals surface area contributed by atoms with Gasteiger partial charge in [-0.3, -0.25) is 9.78 Å². The number of nitrogens with two attached hydrogens (primary N) is 1. The number of pyridine rings is 1. The monoisotopic (exact) mass is 369 g/mol. The van der Waals surface area contributed by atoms with Gasteiger partial charge in [-0.1, -0.05) is 36.4 Å². The van der Waals surface area contributed by atoms with E-state index in [1.54, 1.807) is 12.4 Å². The van der Waals surface area contributed by atoms with Crippen molar-refractivity contribution in [2.45, 2.75) is 6.42 Å². The molecule has 0 saturated carbocycles. The minimum Gasteiger partial charge on any atom is -0.382 e. The second-order valence-electron chi connectivity index (χ2n) is 6.42. The highest BCUT2D eigenvalue weighted by Crippen LogP contribution is 2.28. The number of hydrogen-bond acceptors (Lipinski definition) is 5. The molecule has 0 saturated heterocycles. The highest BCUT2D eigenvalue weighted by Gasteiger charge is 2.15. The first kappa shape index (κ1) is 17.6. The molecule has 0 spiro atoms. The van der Waals surface area contributed by atoms with Gasteiger partial charge in [0, 0.05) is 24.3 Å². The number of nitrogens with zero attached hydrogens (tertiary/aromatic N) is 3. The van der Waals surface area contributed by atoms with Gasteiger partial charge in [0.1, 0.15) is 0 Å². The molecular weight excluding hydrogens is 350 g/mol. The maximum atomic E-state index is 11.9. The second kappa shape index (κ2) is 7.84. The zero-order valence-electron chi connectivity index (χ0n) is 15.2. The lowest BCUT2D eigenvalue weighted by molar-refractivity contribution is 0.0995. The van der Waals surface area contributed by atoms with Crippen LogP contribution in [-0.2, 0) is 6.42 Å². The fraction of sp³-hybridized carbons (Fsp3) is 0.0909. The van der Waals surface area contributed by atoms with E-state index in [0.29, 0.717) is 17.7 Å². The van der Waals surface area contributed by atoms with Crippen molar-refractivity contribution < 1.29 is 4.79 Å². The summed E-state index contributed by atoms with van der Waals surface area (Å²) >= 11 is 0. The van der Waals surface area contributed by atoms with Gasteiger partial charge >= 0.3 is 0 Å². The molecule has 28 heavy (non-hydrogen) atoms. The van der Waals surface area contributed by atoms with Gasteiger partial charge in [0.05, 0.1) is 11.2 Å². The number of carbonyl (C=O) groups excluding carboxylic acids is 1. The van der Waals surface area contributed by atoms with Crippen LogP contribution >= 0.6 is 0 Å². The van der Waals surface area contributed by atoms with Crippen molar-refractivity contribution in [2.75, 3.05) is 11.9 Å². The minimum atomic E-state index is -0.602. The molecule has 3 N–H and O–H groups in total. The van der Waals surface area contributed by atoms with Crippen molar-refractivity contribution in [3.8, 4) is 11.1 Å². The largest absolute Gasteiger partial charge is 0.382 e. The molecule has 0 aliphatic carbocycles. The number of fused-ring (bicyclic) bond motifs is 1. The van der Waals surface area contributed by atoms with E-state index in [-0.39, 0.29) is 5.69 Å². The number of hydrogen-bond donors (Lipinski definition) is 2. The third kappa shape index (κ3) is 3.66. The molecule has 0 bridgehead atoms. The summed E-state index contributed by atoms with van der Waals surface area (Å²) in [4.78, 5) is 15.9. The molecule has 6 nitrogen and oxygen atoms in total. The third-order valence-electron chi connectivity index (χ3n) is 4.57. The number of rotatable bonds is 6. The maximum Gasteiger partial charge on any atom is 0.271 e. The average molecular weight is 369 g/mol. The molecule has 0 fully saturated rings. The van der Waals surface area contributed by atoms with Crippen molar-refractivity contribution in [3.63, 3.8) is 0 Å². The Morgan fingerprint density at radius 2 is 1.71 bits per heavy atom. The van der Waals surface area contributed by atoms with E-state index in [0.717, 1.165) is 22.9 Å². The van der Waals surface area contributed by atoms with Gasteiger partial charge in [0.2, 0.25) is 0 Å². The molecule has 4 aromatic rings. The molecule has 0 radical (unpaired) electrons. The highest BCUT2D eigenvalue weighted by atomic mass is 16.1. The van der Waals surface area contributed by atoms with Crippen molar-refractivity contribution >= 4 is 22.5 Å². The van der Waals surface area contributed by atoms with Gasteiger partial charge in [-0.2, -0.15) is 0 Å². The second-order valence-corrected chi connectivity index (χ2v) is 6.42. The number of aromatic nitrogens is 3. The number of anilines is 1. The van der Waals surface area contributed by atoms with E-state index < -0.39 is 5.91 Å². The Kier molecular flexibility index (Phi) is 4.93. The van der Waals surface area contributed by atoms with Crippen LogP contribution in [0.25, 0.3) is 22.0 Å². The SMILES string of the molecule is NC(=O)c1nnc2cc(-c3ccncc3)ccc2c1NCCc1ccccc1. The molecule has 6 heteroatoms. The first-order chi connectivity index (χ1) is 13.7. The Labute approximate surface area is 162 Å². The van der Waals surface area contributed by atoms with Gasteiger partial charge < -0.3 is 11.1 Å². The summed E-state index contributed by atoms with van der Waals surface area (Å²) in [5, 5.41) is 12.4. The number of carbonyl (C=O) groups is 1. The normalized spacial score (nSPS) is 10.7. The quantitative estimate of drug-likeness (QED) is 0.543. The van der Waals surface area contributed by atoms with Gasteiger partial charge in [-0.05, 0) is 47.4 Å². The van der Waals surface area contributed by atoms with Crippen molar-refractivity contribution in [1.29, 1.82) is 0 Å². The van der Waals surface area contributed by atoms with Crippen LogP contribution in [0, 0.1) is 0 Å². The molecule has 0 atom stereocenters. The van der Waals surface area contributed by atoms with E-state index in [4.69, 9.17) is 5.73 Å². The van der Waals surface area contributed by atoms with E-state index >= 15 is 0 Å². The molecule has 2 heterocycles.